The summed E-state index contributed by atoms with van der Waals surface area (Å²) in [7, 11) is -3.04. The zero-order valence-electron chi connectivity index (χ0n) is 13.7. The van der Waals surface area contributed by atoms with E-state index in [2.05, 4.69) is 10.6 Å². The van der Waals surface area contributed by atoms with Crippen LogP contribution < -0.4 is 10.6 Å². The highest BCUT2D eigenvalue weighted by Gasteiger charge is 2.29. The van der Waals surface area contributed by atoms with E-state index < -0.39 is 9.84 Å². The summed E-state index contributed by atoms with van der Waals surface area (Å²) >= 11 is 0. The highest BCUT2D eigenvalue weighted by atomic mass is 32.2. The number of sulfone groups is 1. The molecule has 1 saturated carbocycles. The number of carbonyl (C=O) groups excluding carboxylic acids is 2. The van der Waals surface area contributed by atoms with Gasteiger partial charge in [0.2, 0.25) is 11.8 Å². The van der Waals surface area contributed by atoms with Gasteiger partial charge in [0.05, 0.1) is 5.25 Å². The molecule has 1 fully saturated rings. The largest absolute Gasteiger partial charge is 0.354 e. The molecule has 0 bridgehead atoms. The molecule has 0 aliphatic heterocycles. The van der Waals surface area contributed by atoms with E-state index in [-0.39, 0.29) is 29.1 Å². The molecule has 1 rings (SSSR count). The lowest BCUT2D eigenvalue weighted by atomic mass is 9.95. The molecule has 0 spiro atoms. The predicted octanol–water partition coefficient (Wildman–Crippen LogP) is 1.15. The lowest BCUT2D eigenvalue weighted by Crippen LogP contribution is -2.41. The van der Waals surface area contributed by atoms with E-state index in [0.29, 0.717) is 32.1 Å². The Hall–Kier alpha value is -1.11. The van der Waals surface area contributed by atoms with E-state index in [0.717, 1.165) is 12.8 Å². The molecule has 2 amide bonds. The highest BCUT2D eigenvalue weighted by molar-refractivity contribution is 7.91. The fraction of sp³-hybridized carbons (Fsp3) is 0.867. The van der Waals surface area contributed by atoms with Gasteiger partial charge < -0.3 is 10.6 Å². The Kier molecular flexibility index (Phi) is 7.32. The molecule has 0 radical (unpaired) electrons. The fourth-order valence-corrected chi connectivity index (χ4v) is 3.95. The van der Waals surface area contributed by atoms with E-state index in [9.17, 15) is 18.0 Å². The first-order valence-corrected chi connectivity index (χ1v) is 9.91. The molecule has 7 heteroatoms. The van der Waals surface area contributed by atoms with Crippen LogP contribution in [0.5, 0.6) is 0 Å². The monoisotopic (exact) mass is 332 g/mol. The van der Waals surface area contributed by atoms with E-state index in [1.807, 2.05) is 13.8 Å². The van der Waals surface area contributed by atoms with E-state index in [4.69, 9.17) is 0 Å². The Morgan fingerprint density at radius 1 is 1.14 bits per heavy atom. The zero-order valence-corrected chi connectivity index (χ0v) is 14.5. The summed E-state index contributed by atoms with van der Waals surface area (Å²) in [4.78, 5) is 23.3. The molecule has 2 unspecified atom stereocenters. The van der Waals surface area contributed by atoms with Gasteiger partial charge in [-0.3, -0.25) is 9.59 Å². The third-order valence-corrected chi connectivity index (χ3v) is 5.49. The zero-order chi connectivity index (χ0) is 16.8. The Morgan fingerprint density at radius 3 is 2.36 bits per heavy atom. The highest BCUT2D eigenvalue weighted by Crippen LogP contribution is 2.23. The van der Waals surface area contributed by atoms with Gasteiger partial charge in [-0.05, 0) is 39.5 Å². The quantitative estimate of drug-likeness (QED) is 0.731. The van der Waals surface area contributed by atoms with Gasteiger partial charge in [-0.25, -0.2) is 8.42 Å². The molecule has 0 saturated heterocycles. The van der Waals surface area contributed by atoms with Crippen molar-refractivity contribution in [1.29, 1.82) is 0 Å². The number of rotatable bonds is 7. The van der Waals surface area contributed by atoms with Crippen LogP contribution in [0.2, 0.25) is 0 Å². The summed E-state index contributed by atoms with van der Waals surface area (Å²) in [5.41, 5.74) is 0. The summed E-state index contributed by atoms with van der Waals surface area (Å²) < 4.78 is 23.2. The van der Waals surface area contributed by atoms with Crippen molar-refractivity contribution in [1.82, 2.24) is 10.6 Å². The predicted molar refractivity (Wildman–Crippen MR) is 86.2 cm³/mol. The second kappa shape index (κ2) is 8.50. The standard InChI is InChI=1S/C15H28N2O4S/c1-11(2)16-14(18)8-5-9-15(19)17-12-6-4-7-13(10-12)22(3,20)21/h11-13H,4-10H2,1-3H3,(H,16,18)(H,17,19). The summed E-state index contributed by atoms with van der Waals surface area (Å²) in [5, 5.41) is 5.34. The third kappa shape index (κ3) is 7.24. The lowest BCUT2D eigenvalue weighted by molar-refractivity contribution is -0.123. The van der Waals surface area contributed by atoms with Gasteiger partial charge in [-0.15, -0.1) is 0 Å². The van der Waals surface area contributed by atoms with Gasteiger partial charge >= 0.3 is 0 Å². The molecule has 0 aromatic carbocycles. The molecule has 0 heterocycles. The number of carbonyl (C=O) groups is 2. The van der Waals surface area contributed by atoms with Gasteiger partial charge in [-0.1, -0.05) is 6.42 Å². The molecule has 0 aromatic rings. The van der Waals surface area contributed by atoms with Gasteiger partial charge in [0, 0.05) is 31.2 Å². The van der Waals surface area contributed by atoms with Gasteiger partial charge in [0.1, 0.15) is 9.84 Å². The molecule has 1 aliphatic rings. The van der Waals surface area contributed by atoms with Crippen molar-refractivity contribution in [3.8, 4) is 0 Å². The van der Waals surface area contributed by atoms with Crippen molar-refractivity contribution >= 4 is 21.7 Å². The van der Waals surface area contributed by atoms with Crippen molar-refractivity contribution in [3.05, 3.63) is 0 Å². The van der Waals surface area contributed by atoms with Crippen molar-refractivity contribution in [2.75, 3.05) is 6.26 Å². The molecule has 0 aromatic heterocycles. The van der Waals surface area contributed by atoms with Gasteiger partial charge in [0.15, 0.2) is 0 Å². The second-order valence-electron chi connectivity index (χ2n) is 6.46. The molecular formula is C15H28N2O4S. The Morgan fingerprint density at radius 2 is 1.77 bits per heavy atom. The first-order valence-electron chi connectivity index (χ1n) is 7.96. The van der Waals surface area contributed by atoms with Crippen molar-refractivity contribution in [3.63, 3.8) is 0 Å². The molecule has 128 valence electrons. The van der Waals surface area contributed by atoms with Crippen LogP contribution in [0.25, 0.3) is 0 Å². The normalized spacial score (nSPS) is 22.4. The minimum Gasteiger partial charge on any atom is -0.354 e. The van der Waals surface area contributed by atoms with Crippen LogP contribution in [0.3, 0.4) is 0 Å². The minimum atomic E-state index is -3.04. The van der Waals surface area contributed by atoms with E-state index in [1.54, 1.807) is 0 Å². The first kappa shape index (κ1) is 18.9. The average Bonchev–Trinajstić information content (AvgIpc) is 2.37. The van der Waals surface area contributed by atoms with Crippen LogP contribution in [0.1, 0.15) is 58.8 Å². The van der Waals surface area contributed by atoms with Crippen LogP contribution >= 0.6 is 0 Å². The Balaban J connectivity index is 2.29. The minimum absolute atomic E-state index is 0.0439. The molecule has 2 N–H and O–H groups in total. The van der Waals surface area contributed by atoms with Crippen molar-refractivity contribution in [2.45, 2.75) is 76.1 Å². The Labute approximate surface area is 133 Å². The van der Waals surface area contributed by atoms with Crippen LogP contribution in [0.4, 0.5) is 0 Å². The Bertz CT molecular complexity index is 488. The molecular weight excluding hydrogens is 304 g/mol. The molecule has 22 heavy (non-hydrogen) atoms. The summed E-state index contributed by atoms with van der Waals surface area (Å²) in [5.74, 6) is -0.144. The maximum absolute atomic E-state index is 11.9. The van der Waals surface area contributed by atoms with Gasteiger partial charge in [-0.2, -0.15) is 0 Å². The molecule has 1 aliphatic carbocycles. The van der Waals surface area contributed by atoms with Crippen LogP contribution in [0.15, 0.2) is 0 Å². The van der Waals surface area contributed by atoms with E-state index >= 15 is 0 Å². The van der Waals surface area contributed by atoms with Crippen molar-refractivity contribution in [2.24, 2.45) is 0 Å². The molecule has 6 nitrogen and oxygen atoms in total. The topological polar surface area (TPSA) is 92.3 Å². The number of hydrogen-bond donors (Lipinski definition) is 2. The summed E-state index contributed by atoms with van der Waals surface area (Å²) in [6, 6.07) is 0.0435. The third-order valence-electron chi connectivity index (χ3n) is 3.85. The van der Waals surface area contributed by atoms with Crippen molar-refractivity contribution < 1.29 is 18.0 Å². The van der Waals surface area contributed by atoms with E-state index in [1.165, 1.54) is 6.26 Å². The average molecular weight is 332 g/mol. The number of hydrogen-bond acceptors (Lipinski definition) is 4. The smallest absolute Gasteiger partial charge is 0.220 e. The van der Waals surface area contributed by atoms with Crippen LogP contribution in [0, 0.1) is 0 Å². The molecule has 2 atom stereocenters. The van der Waals surface area contributed by atoms with Crippen LogP contribution in [-0.2, 0) is 19.4 Å². The summed E-state index contributed by atoms with van der Waals surface area (Å²) in [6.45, 7) is 3.79. The van der Waals surface area contributed by atoms with Gasteiger partial charge in [0.25, 0.3) is 0 Å². The SMILES string of the molecule is CC(C)NC(=O)CCCC(=O)NC1CCCC(S(C)(=O)=O)C1. The maximum Gasteiger partial charge on any atom is 0.220 e. The maximum atomic E-state index is 11.9. The number of nitrogens with one attached hydrogen (secondary N) is 2. The first-order chi connectivity index (χ1) is 10.2. The second-order valence-corrected chi connectivity index (χ2v) is 8.78. The van der Waals surface area contributed by atoms with Crippen LogP contribution in [-0.4, -0.2) is 43.8 Å². The number of amides is 2. The fourth-order valence-electron chi connectivity index (χ4n) is 2.77. The lowest BCUT2D eigenvalue weighted by Gasteiger charge is -2.28. The summed E-state index contributed by atoms with van der Waals surface area (Å²) in [6.07, 6.45) is 5.22.